The quantitative estimate of drug-likeness (QED) is 0.482. The highest BCUT2D eigenvalue weighted by Crippen LogP contribution is 2.26. The molecule has 0 aliphatic rings. The van der Waals surface area contributed by atoms with Crippen molar-refractivity contribution in [1.29, 1.82) is 0 Å². The van der Waals surface area contributed by atoms with Crippen LogP contribution in [0.3, 0.4) is 0 Å². The number of aromatic nitrogens is 1. The van der Waals surface area contributed by atoms with Gasteiger partial charge in [0.05, 0.1) is 22.7 Å². The molecule has 0 amide bonds. The minimum Gasteiger partial charge on any atom is -0.441 e. The Morgan fingerprint density at radius 1 is 1.43 bits per heavy atom. The molecule has 0 unspecified atom stereocenters. The molecular weight excluding hydrogens is 277 g/mol. The molecule has 7 heteroatoms. The van der Waals surface area contributed by atoms with Crippen molar-refractivity contribution >= 4 is 5.69 Å². The third-order valence-electron chi connectivity index (χ3n) is 2.92. The number of non-ortho nitro benzene ring substituents is 1. The van der Waals surface area contributed by atoms with E-state index >= 15 is 0 Å². The maximum atomic E-state index is 13.9. The van der Waals surface area contributed by atoms with Crippen molar-refractivity contribution in [3.05, 3.63) is 46.2 Å². The van der Waals surface area contributed by atoms with Crippen molar-refractivity contribution in [3.8, 4) is 11.3 Å². The van der Waals surface area contributed by atoms with Gasteiger partial charge in [0.1, 0.15) is 5.82 Å². The second-order valence-corrected chi connectivity index (χ2v) is 4.54. The van der Waals surface area contributed by atoms with Gasteiger partial charge >= 0.3 is 0 Å². The van der Waals surface area contributed by atoms with Gasteiger partial charge in [-0.05, 0) is 19.0 Å². The molecule has 112 valence electrons. The Labute approximate surface area is 121 Å². The summed E-state index contributed by atoms with van der Waals surface area (Å²) in [5.41, 5.74) is -0.124. The zero-order chi connectivity index (χ0) is 15.2. The van der Waals surface area contributed by atoms with Crippen LogP contribution >= 0.6 is 0 Å². The van der Waals surface area contributed by atoms with Crippen LogP contribution in [-0.4, -0.2) is 23.0 Å². The van der Waals surface area contributed by atoms with E-state index in [0.717, 1.165) is 25.6 Å². The summed E-state index contributed by atoms with van der Waals surface area (Å²) in [5.74, 6) is 0.0789. The molecule has 0 saturated carbocycles. The van der Waals surface area contributed by atoms with Crippen LogP contribution in [0.4, 0.5) is 10.1 Å². The molecular formula is C14H16FN3O3. The van der Waals surface area contributed by atoms with Crippen molar-refractivity contribution in [3.63, 3.8) is 0 Å². The van der Waals surface area contributed by atoms with Crippen LogP contribution in [0.1, 0.15) is 19.2 Å². The number of benzene rings is 1. The number of oxazole rings is 1. The standard InChI is InChI=1S/C14H16FN3O3/c1-2-6-16-7-5-14-17-9-13(21-14)11-4-3-10(18(19)20)8-12(11)15/h3-4,8-9,16H,2,5-7H2,1H3. The van der Waals surface area contributed by atoms with Gasteiger partial charge in [-0.2, -0.15) is 0 Å². The molecule has 0 saturated heterocycles. The fraction of sp³-hybridized carbons (Fsp3) is 0.357. The Kier molecular flexibility index (Phi) is 4.99. The summed E-state index contributed by atoms with van der Waals surface area (Å²) < 4.78 is 19.3. The Bertz CT molecular complexity index is 628. The first-order chi connectivity index (χ1) is 10.1. The fourth-order valence-electron chi connectivity index (χ4n) is 1.86. The van der Waals surface area contributed by atoms with Crippen molar-refractivity contribution < 1.29 is 13.7 Å². The van der Waals surface area contributed by atoms with E-state index in [0.29, 0.717) is 12.3 Å². The van der Waals surface area contributed by atoms with Crippen molar-refractivity contribution in [1.82, 2.24) is 10.3 Å². The molecule has 0 radical (unpaired) electrons. The lowest BCUT2D eigenvalue weighted by Gasteiger charge is -2.00. The lowest BCUT2D eigenvalue weighted by atomic mass is 10.1. The summed E-state index contributed by atoms with van der Waals surface area (Å²) in [5, 5.41) is 13.8. The third kappa shape index (κ3) is 3.85. The number of hydrogen-bond acceptors (Lipinski definition) is 5. The minimum atomic E-state index is -0.698. The molecule has 2 rings (SSSR count). The summed E-state index contributed by atoms with van der Waals surface area (Å²) >= 11 is 0. The summed E-state index contributed by atoms with van der Waals surface area (Å²) in [6.07, 6.45) is 3.08. The van der Waals surface area contributed by atoms with Gasteiger partial charge in [0.15, 0.2) is 11.7 Å². The van der Waals surface area contributed by atoms with Gasteiger partial charge in [0.2, 0.25) is 0 Å². The van der Waals surface area contributed by atoms with E-state index < -0.39 is 10.7 Å². The average molecular weight is 293 g/mol. The molecule has 1 heterocycles. The highest BCUT2D eigenvalue weighted by molar-refractivity contribution is 5.59. The van der Waals surface area contributed by atoms with Crippen LogP contribution in [0.15, 0.2) is 28.8 Å². The average Bonchev–Trinajstić information content (AvgIpc) is 2.92. The van der Waals surface area contributed by atoms with Crippen LogP contribution in [-0.2, 0) is 6.42 Å². The number of nitro benzene ring substituents is 1. The van der Waals surface area contributed by atoms with Gasteiger partial charge in [-0.15, -0.1) is 0 Å². The highest BCUT2D eigenvalue weighted by Gasteiger charge is 2.15. The monoisotopic (exact) mass is 293 g/mol. The predicted octanol–water partition coefficient (Wildman–Crippen LogP) is 2.93. The maximum absolute atomic E-state index is 13.9. The molecule has 1 aromatic heterocycles. The topological polar surface area (TPSA) is 81.2 Å². The maximum Gasteiger partial charge on any atom is 0.272 e. The molecule has 0 aliphatic carbocycles. The van der Waals surface area contributed by atoms with E-state index in [1.165, 1.54) is 18.3 Å². The van der Waals surface area contributed by atoms with Gasteiger partial charge in [-0.1, -0.05) is 6.92 Å². The van der Waals surface area contributed by atoms with Gasteiger partial charge in [0.25, 0.3) is 5.69 Å². The number of hydrogen-bond donors (Lipinski definition) is 1. The van der Waals surface area contributed by atoms with Crippen molar-refractivity contribution in [2.75, 3.05) is 13.1 Å². The highest BCUT2D eigenvalue weighted by atomic mass is 19.1. The van der Waals surface area contributed by atoms with Crippen molar-refractivity contribution in [2.24, 2.45) is 0 Å². The van der Waals surface area contributed by atoms with E-state index in [4.69, 9.17) is 4.42 Å². The predicted molar refractivity (Wildman–Crippen MR) is 75.4 cm³/mol. The molecule has 0 spiro atoms. The van der Waals surface area contributed by atoms with Crippen molar-refractivity contribution in [2.45, 2.75) is 19.8 Å². The van der Waals surface area contributed by atoms with E-state index in [-0.39, 0.29) is 17.0 Å². The molecule has 1 aromatic carbocycles. The Morgan fingerprint density at radius 2 is 2.24 bits per heavy atom. The summed E-state index contributed by atoms with van der Waals surface area (Å²) in [6.45, 7) is 3.73. The lowest BCUT2D eigenvalue weighted by molar-refractivity contribution is -0.385. The summed E-state index contributed by atoms with van der Waals surface area (Å²) in [4.78, 5) is 14.0. The van der Waals surface area contributed by atoms with Gasteiger partial charge in [0, 0.05) is 19.0 Å². The van der Waals surface area contributed by atoms with Gasteiger partial charge < -0.3 is 9.73 Å². The summed E-state index contributed by atoms with van der Waals surface area (Å²) in [7, 11) is 0. The molecule has 0 fully saturated rings. The number of halogens is 1. The Hall–Kier alpha value is -2.28. The molecule has 0 atom stereocenters. The zero-order valence-corrected chi connectivity index (χ0v) is 11.6. The van der Waals surface area contributed by atoms with Gasteiger partial charge in [-0.3, -0.25) is 10.1 Å². The largest absolute Gasteiger partial charge is 0.441 e. The fourth-order valence-corrected chi connectivity index (χ4v) is 1.86. The SMILES string of the molecule is CCCNCCc1ncc(-c2ccc([N+](=O)[O-])cc2F)o1. The first-order valence-corrected chi connectivity index (χ1v) is 6.71. The molecule has 6 nitrogen and oxygen atoms in total. The first kappa shape index (κ1) is 15.1. The van der Waals surface area contributed by atoms with Gasteiger partial charge in [-0.25, -0.2) is 9.37 Å². The van der Waals surface area contributed by atoms with Crippen LogP contribution in [0.25, 0.3) is 11.3 Å². The number of rotatable bonds is 7. The first-order valence-electron chi connectivity index (χ1n) is 6.71. The normalized spacial score (nSPS) is 10.8. The second kappa shape index (κ2) is 6.94. The van der Waals surface area contributed by atoms with Crippen LogP contribution in [0.2, 0.25) is 0 Å². The van der Waals surface area contributed by atoms with E-state index in [2.05, 4.69) is 17.2 Å². The number of nitrogens with one attached hydrogen (secondary N) is 1. The molecule has 0 aliphatic heterocycles. The summed E-state index contributed by atoms with van der Waals surface area (Å²) in [6, 6.07) is 3.44. The third-order valence-corrected chi connectivity index (χ3v) is 2.92. The Morgan fingerprint density at radius 3 is 2.90 bits per heavy atom. The molecule has 2 aromatic rings. The van der Waals surface area contributed by atoms with Crippen LogP contribution in [0, 0.1) is 15.9 Å². The molecule has 0 bridgehead atoms. The molecule has 1 N–H and O–H groups in total. The van der Waals surface area contributed by atoms with E-state index in [9.17, 15) is 14.5 Å². The number of nitro groups is 1. The van der Waals surface area contributed by atoms with E-state index in [1.54, 1.807) is 0 Å². The van der Waals surface area contributed by atoms with Crippen LogP contribution in [0.5, 0.6) is 0 Å². The molecule has 21 heavy (non-hydrogen) atoms. The number of nitrogens with zero attached hydrogens (tertiary/aromatic N) is 2. The van der Waals surface area contributed by atoms with E-state index in [1.807, 2.05) is 0 Å². The second-order valence-electron chi connectivity index (χ2n) is 4.54. The lowest BCUT2D eigenvalue weighted by Crippen LogP contribution is -2.17. The smallest absolute Gasteiger partial charge is 0.272 e. The van der Waals surface area contributed by atoms with Crippen LogP contribution < -0.4 is 5.32 Å². The Balaban J connectivity index is 2.08. The zero-order valence-electron chi connectivity index (χ0n) is 11.6. The minimum absolute atomic E-state index is 0.167.